The van der Waals surface area contributed by atoms with E-state index in [1.54, 1.807) is 0 Å². The molecule has 3 heterocycles. The summed E-state index contributed by atoms with van der Waals surface area (Å²) >= 11 is 0. The summed E-state index contributed by atoms with van der Waals surface area (Å²) < 4.78 is 12.5. The maximum atomic E-state index is 8.55. The number of rotatable bonds is 3. The maximum absolute atomic E-state index is 8.55. The third-order valence-corrected chi connectivity index (χ3v) is 7.98. The first-order valence-corrected chi connectivity index (χ1v) is 14.5. The van der Waals surface area contributed by atoms with Gasteiger partial charge >= 0.3 is 0 Å². The minimum Gasteiger partial charge on any atom is -0.822 e. The lowest BCUT2D eigenvalue weighted by Gasteiger charge is -2.36. The SMILES string of the molecule is CC[N+]1(C)CCCCC1.CC[N+]1(C)CCCCC1.CC[N+]1(C)CCCCC1.O=P([O-])([O-])[O-]. The number of phosphoric acid groups is 1. The van der Waals surface area contributed by atoms with Crippen molar-refractivity contribution in [3.63, 3.8) is 0 Å². The molecule has 3 saturated heterocycles. The Kier molecular flexibility index (Phi) is 15.8. The van der Waals surface area contributed by atoms with E-state index in [0.29, 0.717) is 0 Å². The first-order valence-electron chi connectivity index (χ1n) is 13.0. The summed E-state index contributed by atoms with van der Waals surface area (Å²) in [6, 6.07) is 0. The van der Waals surface area contributed by atoms with Crippen LogP contribution in [0.4, 0.5) is 0 Å². The van der Waals surface area contributed by atoms with Gasteiger partial charge in [-0.1, -0.05) is 0 Å². The van der Waals surface area contributed by atoms with Crippen LogP contribution in [0.15, 0.2) is 0 Å². The van der Waals surface area contributed by atoms with E-state index in [1.165, 1.54) is 130 Å². The van der Waals surface area contributed by atoms with E-state index < -0.39 is 7.82 Å². The zero-order valence-electron chi connectivity index (χ0n) is 22.1. The van der Waals surface area contributed by atoms with Crippen LogP contribution in [0.1, 0.15) is 78.6 Å². The highest BCUT2D eigenvalue weighted by Gasteiger charge is 2.22. The topological polar surface area (TPSA) is 86.2 Å². The number of hydrogen-bond donors (Lipinski definition) is 0. The van der Waals surface area contributed by atoms with Gasteiger partial charge in [-0.05, 0) is 78.6 Å². The van der Waals surface area contributed by atoms with Crippen molar-refractivity contribution in [3.8, 4) is 0 Å². The molecular formula is C24H54N3O4P. The van der Waals surface area contributed by atoms with Gasteiger partial charge in [0, 0.05) is 0 Å². The van der Waals surface area contributed by atoms with Gasteiger partial charge in [-0.3, -0.25) is 0 Å². The van der Waals surface area contributed by atoms with Crippen molar-refractivity contribution in [1.29, 1.82) is 0 Å². The minimum atomic E-state index is -5.39. The second-order valence-electron chi connectivity index (χ2n) is 10.8. The summed E-state index contributed by atoms with van der Waals surface area (Å²) in [7, 11) is 1.73. The standard InChI is InChI=1S/3C8H18N.H3O4P/c3*1-3-9(2)7-5-4-6-8-9;1-5(2,3)4/h3*3-8H2,1-2H3;(H3,1,2,3,4)/q3*+1;/p-3. The van der Waals surface area contributed by atoms with Crippen LogP contribution in [-0.2, 0) is 4.57 Å². The molecule has 0 saturated carbocycles. The van der Waals surface area contributed by atoms with E-state index in [1.807, 2.05) is 0 Å². The van der Waals surface area contributed by atoms with Crippen molar-refractivity contribution < 1.29 is 32.7 Å². The van der Waals surface area contributed by atoms with Gasteiger partial charge in [0.15, 0.2) is 0 Å². The van der Waals surface area contributed by atoms with Crippen LogP contribution in [0.2, 0.25) is 0 Å². The van der Waals surface area contributed by atoms with E-state index in [9.17, 15) is 0 Å². The highest BCUT2D eigenvalue weighted by molar-refractivity contribution is 7.40. The van der Waals surface area contributed by atoms with Gasteiger partial charge in [0.25, 0.3) is 0 Å². The number of hydrogen-bond acceptors (Lipinski definition) is 4. The molecule has 0 spiro atoms. The normalized spacial score (nSPS) is 23.8. The Morgan fingerprint density at radius 3 is 0.750 bits per heavy atom. The van der Waals surface area contributed by atoms with E-state index in [0.717, 1.165) is 0 Å². The molecule has 3 aliphatic heterocycles. The molecule has 3 fully saturated rings. The molecule has 0 atom stereocenters. The summed E-state index contributed by atoms with van der Waals surface area (Å²) in [4.78, 5) is 25.6. The lowest BCUT2D eigenvalue weighted by atomic mass is 10.1. The molecule has 0 N–H and O–H groups in total. The van der Waals surface area contributed by atoms with Crippen LogP contribution >= 0.6 is 7.82 Å². The Morgan fingerprint density at radius 1 is 0.500 bits per heavy atom. The molecular weight excluding hydrogens is 425 g/mol. The third kappa shape index (κ3) is 16.6. The van der Waals surface area contributed by atoms with Crippen molar-refractivity contribution >= 4 is 7.82 Å². The minimum absolute atomic E-state index is 1.32. The molecule has 0 unspecified atom stereocenters. The molecule has 0 aliphatic carbocycles. The largest absolute Gasteiger partial charge is 0.822 e. The van der Waals surface area contributed by atoms with Crippen LogP contribution in [-0.4, -0.2) is 93.5 Å². The molecule has 0 amide bonds. The summed E-state index contributed by atoms with van der Waals surface area (Å²) in [5, 5.41) is 0. The lowest BCUT2D eigenvalue weighted by molar-refractivity contribution is -0.912. The molecule has 0 aromatic carbocycles. The summed E-state index contributed by atoms with van der Waals surface area (Å²) in [6.45, 7) is 19.3. The molecule has 8 heteroatoms. The molecule has 194 valence electrons. The molecule has 0 bridgehead atoms. The van der Waals surface area contributed by atoms with Crippen LogP contribution < -0.4 is 14.7 Å². The van der Waals surface area contributed by atoms with E-state index in [2.05, 4.69) is 41.9 Å². The molecule has 32 heavy (non-hydrogen) atoms. The zero-order chi connectivity index (χ0) is 24.7. The third-order valence-electron chi connectivity index (χ3n) is 7.98. The Bertz CT molecular complexity index is 444. The fraction of sp³-hybridized carbons (Fsp3) is 1.00. The van der Waals surface area contributed by atoms with Crippen LogP contribution in [0.3, 0.4) is 0 Å². The van der Waals surface area contributed by atoms with Crippen LogP contribution in [0.5, 0.6) is 0 Å². The molecule has 3 rings (SSSR count). The Hall–Kier alpha value is -0.0100. The Balaban J connectivity index is 0.000000410. The fourth-order valence-electron chi connectivity index (χ4n) is 4.78. The van der Waals surface area contributed by atoms with Crippen molar-refractivity contribution in [2.45, 2.75) is 78.6 Å². The van der Waals surface area contributed by atoms with Gasteiger partial charge < -0.3 is 32.7 Å². The zero-order valence-corrected chi connectivity index (χ0v) is 23.0. The Labute approximate surface area is 199 Å². The lowest BCUT2D eigenvalue weighted by Crippen LogP contribution is -2.47. The van der Waals surface area contributed by atoms with Crippen molar-refractivity contribution in [1.82, 2.24) is 0 Å². The van der Waals surface area contributed by atoms with E-state index in [4.69, 9.17) is 19.2 Å². The summed E-state index contributed by atoms with van der Waals surface area (Å²) in [5.41, 5.74) is 0. The number of quaternary nitrogens is 3. The monoisotopic (exact) mass is 479 g/mol. The number of nitrogens with zero attached hydrogens (tertiary/aromatic N) is 3. The molecule has 3 aliphatic rings. The first-order chi connectivity index (χ1) is 14.8. The quantitative estimate of drug-likeness (QED) is 0.458. The van der Waals surface area contributed by atoms with Crippen molar-refractivity contribution in [2.75, 3.05) is 80.0 Å². The Morgan fingerprint density at radius 2 is 0.656 bits per heavy atom. The van der Waals surface area contributed by atoms with Gasteiger partial charge in [0.2, 0.25) is 0 Å². The second-order valence-corrected chi connectivity index (χ2v) is 11.7. The summed E-state index contributed by atoms with van der Waals surface area (Å²) in [5.74, 6) is 0. The fourth-order valence-corrected chi connectivity index (χ4v) is 4.78. The first kappa shape index (κ1) is 32.0. The van der Waals surface area contributed by atoms with Gasteiger partial charge in [-0.25, -0.2) is 0 Å². The smallest absolute Gasteiger partial charge is 0.0784 e. The second kappa shape index (κ2) is 15.8. The molecule has 0 aromatic rings. The highest BCUT2D eigenvalue weighted by atomic mass is 31.2. The van der Waals surface area contributed by atoms with Gasteiger partial charge in [0.1, 0.15) is 0 Å². The molecule has 0 aromatic heterocycles. The predicted molar refractivity (Wildman–Crippen MR) is 129 cm³/mol. The molecule has 0 radical (unpaired) electrons. The maximum Gasteiger partial charge on any atom is 0.0784 e. The number of piperidine rings is 3. The van der Waals surface area contributed by atoms with Crippen molar-refractivity contribution in [3.05, 3.63) is 0 Å². The van der Waals surface area contributed by atoms with E-state index >= 15 is 0 Å². The van der Waals surface area contributed by atoms with Crippen molar-refractivity contribution in [2.24, 2.45) is 0 Å². The van der Waals surface area contributed by atoms with Crippen LogP contribution in [0, 0.1) is 0 Å². The number of likely N-dealkylation sites (tertiary alicyclic amines) is 3. The average molecular weight is 480 g/mol. The molecule has 7 nitrogen and oxygen atoms in total. The van der Waals surface area contributed by atoms with E-state index in [-0.39, 0.29) is 0 Å². The van der Waals surface area contributed by atoms with Crippen LogP contribution in [0.25, 0.3) is 0 Å². The predicted octanol–water partition coefficient (Wildman–Crippen LogP) is 2.09. The van der Waals surface area contributed by atoms with Gasteiger partial charge in [0.05, 0.1) is 80.0 Å². The average Bonchev–Trinajstić information content (AvgIpc) is 2.75. The van der Waals surface area contributed by atoms with Gasteiger partial charge in [-0.2, -0.15) is 7.82 Å². The summed E-state index contributed by atoms with van der Waals surface area (Å²) in [6.07, 6.45) is 13.1. The van der Waals surface area contributed by atoms with Gasteiger partial charge in [-0.15, -0.1) is 0 Å². The highest BCUT2D eigenvalue weighted by Crippen LogP contribution is 2.16.